The third-order valence-corrected chi connectivity index (χ3v) is 3.87. The first-order valence-electron chi connectivity index (χ1n) is 6.75. The molecule has 2 atom stereocenters. The third-order valence-electron chi connectivity index (χ3n) is 3.87. The van der Waals surface area contributed by atoms with Crippen molar-refractivity contribution < 1.29 is 5.11 Å². The number of fused-ring (bicyclic) bond motifs is 1. The molecule has 0 amide bonds. The zero-order chi connectivity index (χ0) is 13.2. The molecule has 0 saturated carbocycles. The predicted molar refractivity (Wildman–Crippen MR) is 82.0 cm³/mol. The Hall–Kier alpha value is -1.14. The maximum Gasteiger partial charge on any atom is 0.123 e. The summed E-state index contributed by atoms with van der Waals surface area (Å²) in [6, 6.07) is 8.15. The molecule has 2 heterocycles. The van der Waals surface area contributed by atoms with Gasteiger partial charge >= 0.3 is 0 Å². The second-order valence-corrected chi connectivity index (χ2v) is 5.19. The Morgan fingerprint density at radius 2 is 2.20 bits per heavy atom. The molecule has 0 radical (unpaired) electrons. The van der Waals surface area contributed by atoms with Crippen molar-refractivity contribution in [2.24, 2.45) is 13.0 Å². The number of hydrogen-bond donors (Lipinski definition) is 3. The maximum absolute atomic E-state index is 9.73. The number of rotatable bonds is 4. The first kappa shape index (κ1) is 15.3. The molecule has 1 fully saturated rings. The summed E-state index contributed by atoms with van der Waals surface area (Å²) in [4.78, 5) is 4.62. The number of aryl methyl sites for hydroxylation is 1. The average Bonchev–Trinajstić information content (AvgIpc) is 2.96. The van der Waals surface area contributed by atoms with Gasteiger partial charge in [0.15, 0.2) is 0 Å². The van der Waals surface area contributed by atoms with E-state index in [1.165, 1.54) is 0 Å². The molecule has 1 aliphatic rings. The van der Waals surface area contributed by atoms with E-state index in [1.54, 1.807) is 0 Å². The van der Waals surface area contributed by atoms with Crippen LogP contribution in [-0.2, 0) is 13.6 Å². The number of imidazole rings is 1. The van der Waals surface area contributed by atoms with Crippen LogP contribution in [0.3, 0.4) is 0 Å². The highest BCUT2D eigenvalue weighted by Crippen LogP contribution is 2.14. The number of halogens is 1. The van der Waals surface area contributed by atoms with E-state index in [1.807, 2.05) is 25.2 Å². The number of nitrogens with zero attached hydrogens (tertiary/aromatic N) is 2. The van der Waals surface area contributed by atoms with Crippen LogP contribution in [0.5, 0.6) is 0 Å². The minimum Gasteiger partial charge on any atom is -0.391 e. The zero-order valence-electron chi connectivity index (χ0n) is 11.5. The van der Waals surface area contributed by atoms with Crippen LogP contribution < -0.4 is 10.6 Å². The van der Waals surface area contributed by atoms with Crippen molar-refractivity contribution in [2.75, 3.05) is 19.6 Å². The van der Waals surface area contributed by atoms with Gasteiger partial charge in [-0.15, -0.1) is 12.4 Å². The van der Waals surface area contributed by atoms with E-state index in [4.69, 9.17) is 0 Å². The van der Waals surface area contributed by atoms with Crippen LogP contribution >= 0.6 is 12.4 Å². The molecule has 0 spiro atoms. The molecule has 20 heavy (non-hydrogen) atoms. The molecule has 1 aromatic heterocycles. The third kappa shape index (κ3) is 2.96. The number of aliphatic hydroxyl groups is 1. The highest BCUT2D eigenvalue weighted by atomic mass is 35.5. The van der Waals surface area contributed by atoms with Gasteiger partial charge in [0.05, 0.1) is 23.7 Å². The molecule has 0 bridgehead atoms. The number of benzene rings is 1. The molecule has 2 aromatic rings. The van der Waals surface area contributed by atoms with E-state index in [2.05, 4.69) is 26.3 Å². The fraction of sp³-hybridized carbons (Fsp3) is 0.500. The Kier molecular flexibility index (Phi) is 4.99. The van der Waals surface area contributed by atoms with Gasteiger partial charge in [-0.3, -0.25) is 0 Å². The van der Waals surface area contributed by atoms with Gasteiger partial charge < -0.3 is 20.3 Å². The molecule has 1 aromatic carbocycles. The van der Waals surface area contributed by atoms with E-state index in [-0.39, 0.29) is 18.5 Å². The number of para-hydroxylation sites is 2. The van der Waals surface area contributed by atoms with Gasteiger partial charge in [-0.1, -0.05) is 12.1 Å². The van der Waals surface area contributed by atoms with E-state index >= 15 is 0 Å². The van der Waals surface area contributed by atoms with Gasteiger partial charge in [-0.2, -0.15) is 0 Å². The molecule has 1 aliphatic heterocycles. The molecular weight excluding hydrogens is 276 g/mol. The van der Waals surface area contributed by atoms with Crippen molar-refractivity contribution in [1.29, 1.82) is 0 Å². The van der Waals surface area contributed by atoms with Crippen LogP contribution in [0.1, 0.15) is 5.82 Å². The highest BCUT2D eigenvalue weighted by Gasteiger charge is 2.24. The van der Waals surface area contributed by atoms with Crippen molar-refractivity contribution in [3.05, 3.63) is 30.1 Å². The van der Waals surface area contributed by atoms with Gasteiger partial charge in [0, 0.05) is 32.6 Å². The maximum atomic E-state index is 9.73. The molecule has 110 valence electrons. The summed E-state index contributed by atoms with van der Waals surface area (Å²) < 4.78 is 2.12. The highest BCUT2D eigenvalue weighted by molar-refractivity contribution is 5.85. The lowest BCUT2D eigenvalue weighted by molar-refractivity contribution is 0.146. The van der Waals surface area contributed by atoms with Gasteiger partial charge in [-0.05, 0) is 12.1 Å². The number of hydrogen-bond acceptors (Lipinski definition) is 4. The summed E-state index contributed by atoms with van der Waals surface area (Å²) in [5.41, 5.74) is 2.19. The minimum atomic E-state index is -0.229. The number of aromatic nitrogens is 2. The van der Waals surface area contributed by atoms with E-state index < -0.39 is 0 Å². The molecule has 3 rings (SSSR count). The van der Waals surface area contributed by atoms with E-state index in [0.29, 0.717) is 12.5 Å². The Balaban J connectivity index is 0.00000147. The van der Waals surface area contributed by atoms with Crippen molar-refractivity contribution in [3.63, 3.8) is 0 Å². The van der Waals surface area contributed by atoms with Gasteiger partial charge in [0.1, 0.15) is 5.82 Å². The monoisotopic (exact) mass is 296 g/mol. The summed E-state index contributed by atoms with van der Waals surface area (Å²) in [6.45, 7) is 3.14. The van der Waals surface area contributed by atoms with Crippen LogP contribution in [0.15, 0.2) is 24.3 Å². The summed E-state index contributed by atoms with van der Waals surface area (Å²) in [7, 11) is 2.04. The first-order chi connectivity index (χ1) is 9.25. The van der Waals surface area contributed by atoms with Gasteiger partial charge in [-0.25, -0.2) is 4.98 Å². The zero-order valence-corrected chi connectivity index (χ0v) is 12.4. The lowest BCUT2D eigenvalue weighted by Crippen LogP contribution is -2.30. The van der Waals surface area contributed by atoms with E-state index in [9.17, 15) is 5.11 Å². The second kappa shape index (κ2) is 6.54. The normalized spacial score (nSPS) is 22.1. The quantitative estimate of drug-likeness (QED) is 0.776. The Morgan fingerprint density at radius 1 is 1.40 bits per heavy atom. The van der Waals surface area contributed by atoms with Crippen molar-refractivity contribution >= 4 is 23.4 Å². The van der Waals surface area contributed by atoms with Crippen LogP contribution in [-0.4, -0.2) is 40.4 Å². The van der Waals surface area contributed by atoms with E-state index in [0.717, 1.165) is 36.5 Å². The Bertz CT molecular complexity index is 571. The second-order valence-electron chi connectivity index (χ2n) is 5.19. The molecule has 5 nitrogen and oxygen atoms in total. The topological polar surface area (TPSA) is 62.1 Å². The molecule has 3 N–H and O–H groups in total. The van der Waals surface area contributed by atoms with Crippen LogP contribution in [0, 0.1) is 5.92 Å². The first-order valence-corrected chi connectivity index (χ1v) is 6.75. The summed E-state index contributed by atoms with van der Waals surface area (Å²) >= 11 is 0. The molecule has 0 aliphatic carbocycles. The van der Waals surface area contributed by atoms with Crippen molar-refractivity contribution in [1.82, 2.24) is 20.2 Å². The summed E-state index contributed by atoms with van der Waals surface area (Å²) in [6.07, 6.45) is -0.229. The van der Waals surface area contributed by atoms with Crippen molar-refractivity contribution in [3.8, 4) is 0 Å². The predicted octanol–water partition coefficient (Wildman–Crippen LogP) is 0.665. The Labute approximate surface area is 124 Å². The molecule has 2 unspecified atom stereocenters. The number of nitrogens with one attached hydrogen (secondary N) is 2. The minimum absolute atomic E-state index is 0. The van der Waals surface area contributed by atoms with Gasteiger partial charge in [0.25, 0.3) is 0 Å². The van der Waals surface area contributed by atoms with Crippen molar-refractivity contribution in [2.45, 2.75) is 12.6 Å². The molecular formula is C14H21ClN4O. The van der Waals surface area contributed by atoms with Crippen LogP contribution in [0.2, 0.25) is 0 Å². The lowest BCUT2D eigenvalue weighted by Gasteiger charge is -2.13. The molecule has 6 heteroatoms. The molecule has 1 saturated heterocycles. The summed E-state index contributed by atoms with van der Waals surface area (Å²) in [5, 5.41) is 16.3. The lowest BCUT2D eigenvalue weighted by atomic mass is 10.1. The number of aliphatic hydroxyl groups excluding tert-OH is 1. The summed E-state index contributed by atoms with van der Waals surface area (Å²) in [5.74, 6) is 1.33. The fourth-order valence-electron chi connectivity index (χ4n) is 2.65. The largest absolute Gasteiger partial charge is 0.391 e. The standard InChI is InChI=1S/C14H20N4O.ClH/c1-18-12-5-3-2-4-11(12)17-14(18)9-16-7-10-6-15-8-13(10)19;/h2-5,10,13,15-16,19H,6-9H2,1H3;1H. The average molecular weight is 297 g/mol. The smallest absolute Gasteiger partial charge is 0.123 e. The van der Waals surface area contributed by atoms with Crippen LogP contribution in [0.4, 0.5) is 0 Å². The SMILES string of the molecule is Cl.Cn1c(CNCC2CNCC2O)nc2ccccc21. The van der Waals surface area contributed by atoms with Crippen LogP contribution in [0.25, 0.3) is 11.0 Å². The van der Waals surface area contributed by atoms with Gasteiger partial charge in [0.2, 0.25) is 0 Å². The Morgan fingerprint density at radius 3 is 2.90 bits per heavy atom. The number of β-amino-alcohol motifs (C(OH)–C–C–N with tert-alkyl or cyclic N) is 1. The fourth-order valence-corrected chi connectivity index (χ4v) is 2.65.